The number of aromatic nitrogens is 2. The van der Waals surface area contributed by atoms with Crippen LogP contribution in [0.4, 0.5) is 0 Å². The van der Waals surface area contributed by atoms with E-state index < -0.39 is 0 Å². The van der Waals surface area contributed by atoms with E-state index in [2.05, 4.69) is 31.5 Å². The Morgan fingerprint density at radius 3 is 2.63 bits per heavy atom. The maximum absolute atomic E-state index is 5.90. The van der Waals surface area contributed by atoms with Gasteiger partial charge in [0.1, 0.15) is 5.82 Å². The highest BCUT2D eigenvalue weighted by molar-refractivity contribution is 9.10. The van der Waals surface area contributed by atoms with E-state index in [1.54, 1.807) is 0 Å². The van der Waals surface area contributed by atoms with Crippen LogP contribution in [0.15, 0.2) is 46.9 Å². The molecular weight excluding hydrogens is 324 g/mol. The summed E-state index contributed by atoms with van der Waals surface area (Å²) in [6, 6.07) is 14.0. The van der Waals surface area contributed by atoms with Crippen molar-refractivity contribution in [2.75, 3.05) is 0 Å². The van der Waals surface area contributed by atoms with Gasteiger partial charge in [-0.3, -0.25) is 0 Å². The van der Waals surface area contributed by atoms with Crippen LogP contribution in [0.1, 0.15) is 11.4 Å². The fourth-order valence-electron chi connectivity index (χ4n) is 2.16. The fourth-order valence-corrected chi connectivity index (χ4v) is 2.63. The molecule has 2 nitrogen and oxygen atoms in total. The Balaban J connectivity index is 2.01. The Morgan fingerprint density at radius 2 is 1.89 bits per heavy atom. The van der Waals surface area contributed by atoms with Crippen molar-refractivity contribution >= 4 is 38.6 Å². The molecule has 0 spiro atoms. The minimum atomic E-state index is 0.762. The van der Waals surface area contributed by atoms with Crippen LogP contribution in [0.5, 0.6) is 0 Å². The molecule has 1 aromatic heterocycles. The molecule has 4 heteroatoms. The zero-order chi connectivity index (χ0) is 13.4. The van der Waals surface area contributed by atoms with Gasteiger partial charge in [0.15, 0.2) is 0 Å². The summed E-state index contributed by atoms with van der Waals surface area (Å²) < 4.78 is 3.20. The number of halogens is 2. The molecule has 3 rings (SSSR count). The van der Waals surface area contributed by atoms with Gasteiger partial charge in [0.25, 0.3) is 0 Å². The van der Waals surface area contributed by atoms with Crippen LogP contribution in [-0.2, 0) is 13.5 Å². The van der Waals surface area contributed by atoms with Crippen molar-refractivity contribution in [2.45, 2.75) is 6.42 Å². The third-order valence-electron chi connectivity index (χ3n) is 3.21. The minimum absolute atomic E-state index is 0.762. The lowest BCUT2D eigenvalue weighted by atomic mass is 10.1. The Bertz CT molecular complexity index is 732. The molecule has 0 aliphatic carbocycles. The smallest absolute Gasteiger partial charge is 0.114 e. The largest absolute Gasteiger partial charge is 0.331 e. The predicted molar refractivity (Wildman–Crippen MR) is 82.7 cm³/mol. The average Bonchev–Trinajstić information content (AvgIpc) is 2.70. The molecule has 0 saturated carbocycles. The highest BCUT2D eigenvalue weighted by Crippen LogP contribution is 2.21. The summed E-state index contributed by atoms with van der Waals surface area (Å²) in [5, 5.41) is 0.762. The number of imidazole rings is 1. The third-order valence-corrected chi connectivity index (χ3v) is 3.96. The highest BCUT2D eigenvalue weighted by atomic mass is 79.9. The van der Waals surface area contributed by atoms with Crippen molar-refractivity contribution in [3.8, 4) is 0 Å². The molecule has 1 heterocycles. The number of hydrogen-bond acceptors (Lipinski definition) is 1. The Kier molecular flexibility index (Phi) is 3.33. The average molecular weight is 336 g/mol. The number of fused-ring (bicyclic) bond motifs is 1. The second-order valence-electron chi connectivity index (χ2n) is 4.52. The number of hydrogen-bond donors (Lipinski definition) is 0. The summed E-state index contributed by atoms with van der Waals surface area (Å²) in [7, 11) is 2.05. The van der Waals surface area contributed by atoms with Crippen LogP contribution in [0, 0.1) is 0 Å². The van der Waals surface area contributed by atoms with Crippen LogP contribution >= 0.6 is 27.5 Å². The zero-order valence-electron chi connectivity index (χ0n) is 10.4. The van der Waals surface area contributed by atoms with Gasteiger partial charge in [-0.05, 0) is 35.9 Å². The normalized spacial score (nSPS) is 11.1. The monoisotopic (exact) mass is 334 g/mol. The van der Waals surface area contributed by atoms with Crippen molar-refractivity contribution in [3.05, 3.63) is 63.3 Å². The van der Waals surface area contributed by atoms with E-state index >= 15 is 0 Å². The van der Waals surface area contributed by atoms with E-state index in [1.807, 2.05) is 43.4 Å². The van der Waals surface area contributed by atoms with Crippen molar-refractivity contribution in [1.29, 1.82) is 0 Å². The van der Waals surface area contributed by atoms with E-state index in [9.17, 15) is 0 Å². The lowest BCUT2D eigenvalue weighted by Gasteiger charge is -2.03. The van der Waals surface area contributed by atoms with Crippen molar-refractivity contribution in [1.82, 2.24) is 9.55 Å². The van der Waals surface area contributed by atoms with Crippen LogP contribution in [0.2, 0.25) is 5.02 Å². The highest BCUT2D eigenvalue weighted by Gasteiger charge is 2.08. The predicted octanol–water partition coefficient (Wildman–Crippen LogP) is 4.58. The van der Waals surface area contributed by atoms with Gasteiger partial charge in [-0.2, -0.15) is 0 Å². The molecule has 3 aromatic rings. The first-order valence-electron chi connectivity index (χ1n) is 5.99. The summed E-state index contributed by atoms with van der Waals surface area (Å²) in [6.45, 7) is 0. The SMILES string of the molecule is Cn1c(Cc2ccc(Cl)cc2)nc2ccc(Br)cc21. The topological polar surface area (TPSA) is 17.8 Å². The molecule has 0 N–H and O–H groups in total. The van der Waals surface area contributed by atoms with Crippen molar-refractivity contribution in [3.63, 3.8) is 0 Å². The van der Waals surface area contributed by atoms with Gasteiger partial charge < -0.3 is 4.57 Å². The molecule has 0 radical (unpaired) electrons. The molecule has 2 aromatic carbocycles. The van der Waals surface area contributed by atoms with Gasteiger partial charge in [0, 0.05) is 23.0 Å². The quantitative estimate of drug-likeness (QED) is 0.670. The van der Waals surface area contributed by atoms with Crippen LogP contribution in [0.25, 0.3) is 11.0 Å². The van der Waals surface area contributed by atoms with Gasteiger partial charge in [-0.25, -0.2) is 4.98 Å². The van der Waals surface area contributed by atoms with E-state index in [0.29, 0.717) is 0 Å². The number of nitrogens with zero attached hydrogens (tertiary/aromatic N) is 2. The van der Waals surface area contributed by atoms with Crippen molar-refractivity contribution < 1.29 is 0 Å². The summed E-state index contributed by atoms with van der Waals surface area (Å²) in [6.07, 6.45) is 0.806. The lowest BCUT2D eigenvalue weighted by Crippen LogP contribution is -1.98. The van der Waals surface area contributed by atoms with Crippen molar-refractivity contribution in [2.24, 2.45) is 7.05 Å². The second kappa shape index (κ2) is 4.99. The molecule has 0 saturated heterocycles. The third kappa shape index (κ3) is 2.53. The van der Waals surface area contributed by atoms with Gasteiger partial charge >= 0.3 is 0 Å². The van der Waals surface area contributed by atoms with Gasteiger partial charge in [-0.15, -0.1) is 0 Å². The zero-order valence-corrected chi connectivity index (χ0v) is 12.7. The number of aryl methyl sites for hydroxylation is 1. The van der Waals surface area contributed by atoms with E-state index in [4.69, 9.17) is 11.6 Å². The van der Waals surface area contributed by atoms with Gasteiger partial charge in [0.2, 0.25) is 0 Å². The van der Waals surface area contributed by atoms with Crippen LogP contribution in [0.3, 0.4) is 0 Å². The number of rotatable bonds is 2. The molecule has 0 fully saturated rings. The molecule has 0 amide bonds. The van der Waals surface area contributed by atoms with Crippen LogP contribution in [-0.4, -0.2) is 9.55 Å². The first-order chi connectivity index (χ1) is 9.13. The molecule has 19 heavy (non-hydrogen) atoms. The second-order valence-corrected chi connectivity index (χ2v) is 5.88. The standard InChI is InChI=1S/C15H12BrClN2/c1-19-14-9-11(16)4-7-13(14)18-15(19)8-10-2-5-12(17)6-3-10/h2-7,9H,8H2,1H3. The minimum Gasteiger partial charge on any atom is -0.331 e. The summed E-state index contributed by atoms with van der Waals surface area (Å²) in [5.74, 6) is 1.05. The fraction of sp³-hybridized carbons (Fsp3) is 0.133. The Morgan fingerprint density at radius 1 is 1.16 bits per heavy atom. The van der Waals surface area contributed by atoms with Gasteiger partial charge in [-0.1, -0.05) is 39.7 Å². The van der Waals surface area contributed by atoms with E-state index in [-0.39, 0.29) is 0 Å². The molecular formula is C15H12BrClN2. The Labute approximate surface area is 125 Å². The maximum atomic E-state index is 5.90. The Hall–Kier alpha value is -1.32. The lowest BCUT2D eigenvalue weighted by molar-refractivity contribution is 0.844. The maximum Gasteiger partial charge on any atom is 0.114 e. The molecule has 96 valence electrons. The van der Waals surface area contributed by atoms with Gasteiger partial charge in [0.05, 0.1) is 11.0 Å². The molecule has 0 unspecified atom stereocenters. The van der Waals surface area contributed by atoms with Crippen LogP contribution < -0.4 is 0 Å². The summed E-state index contributed by atoms with van der Waals surface area (Å²) >= 11 is 9.40. The first-order valence-corrected chi connectivity index (χ1v) is 7.16. The molecule has 0 bridgehead atoms. The summed E-state index contributed by atoms with van der Waals surface area (Å²) in [5.41, 5.74) is 3.37. The molecule has 0 aliphatic heterocycles. The van der Waals surface area contributed by atoms with E-state index in [1.165, 1.54) is 5.56 Å². The molecule has 0 aliphatic rings. The molecule has 0 atom stereocenters. The summed E-state index contributed by atoms with van der Waals surface area (Å²) in [4.78, 5) is 4.68. The number of benzene rings is 2. The van der Waals surface area contributed by atoms with E-state index in [0.717, 1.165) is 32.8 Å². The first kappa shape index (κ1) is 12.7.